The van der Waals surface area contributed by atoms with Gasteiger partial charge in [0.2, 0.25) is 0 Å². The first-order valence-electron chi connectivity index (χ1n) is 5.27. The lowest BCUT2D eigenvalue weighted by Gasteiger charge is -1.99. The third kappa shape index (κ3) is 2.04. The van der Waals surface area contributed by atoms with Gasteiger partial charge in [-0.2, -0.15) is 0 Å². The zero-order valence-corrected chi connectivity index (χ0v) is 12.3. The molecule has 0 bridgehead atoms. The highest BCUT2D eigenvalue weighted by atomic mass is 79.9. The first-order chi connectivity index (χ1) is 8.63. The second-order valence-corrected chi connectivity index (χ2v) is 5.68. The zero-order chi connectivity index (χ0) is 12.7. The fourth-order valence-corrected chi connectivity index (χ4v) is 2.39. The quantitative estimate of drug-likeness (QED) is 0.667. The average Bonchev–Trinajstić information content (AvgIpc) is 2.75. The van der Waals surface area contributed by atoms with E-state index in [-0.39, 0.29) is 5.75 Å². The summed E-state index contributed by atoms with van der Waals surface area (Å²) in [5.41, 5.74) is 2.71. The summed E-state index contributed by atoms with van der Waals surface area (Å²) in [5, 5.41) is 9.68. The molecular formula is C13H8Br2N2O. The molecule has 3 rings (SSSR count). The molecule has 2 aromatic carbocycles. The number of aromatic nitrogens is 2. The molecule has 2 N–H and O–H groups in total. The predicted octanol–water partition coefficient (Wildman–Crippen LogP) is 4.46. The van der Waals surface area contributed by atoms with E-state index in [4.69, 9.17) is 0 Å². The summed E-state index contributed by atoms with van der Waals surface area (Å²) in [6.07, 6.45) is 0. The Hall–Kier alpha value is -1.33. The average molecular weight is 368 g/mol. The molecule has 0 saturated carbocycles. The largest absolute Gasteiger partial charge is 0.507 e. The minimum Gasteiger partial charge on any atom is -0.507 e. The maximum absolute atomic E-state index is 9.68. The Labute approximate surface area is 120 Å². The molecule has 5 heteroatoms. The van der Waals surface area contributed by atoms with Crippen molar-refractivity contribution in [2.75, 3.05) is 0 Å². The van der Waals surface area contributed by atoms with Gasteiger partial charge < -0.3 is 10.1 Å². The molecule has 1 aromatic heterocycles. The Morgan fingerprint density at radius 2 is 1.89 bits per heavy atom. The van der Waals surface area contributed by atoms with Gasteiger partial charge >= 0.3 is 0 Å². The van der Waals surface area contributed by atoms with E-state index in [0.29, 0.717) is 4.47 Å². The minimum absolute atomic E-state index is 0.203. The molecule has 18 heavy (non-hydrogen) atoms. The first kappa shape index (κ1) is 11.7. The van der Waals surface area contributed by atoms with Crippen molar-refractivity contribution in [3.8, 4) is 17.1 Å². The van der Waals surface area contributed by atoms with Crippen LogP contribution in [-0.2, 0) is 0 Å². The molecule has 0 aliphatic rings. The summed E-state index contributed by atoms with van der Waals surface area (Å²) in [5.74, 6) is 0.944. The normalized spacial score (nSPS) is 11.0. The SMILES string of the molecule is Oc1cc(-c2nc3ccc(Br)cc3[nH]2)ccc1Br. The van der Waals surface area contributed by atoms with Gasteiger partial charge in [-0.3, -0.25) is 0 Å². The summed E-state index contributed by atoms with van der Waals surface area (Å²) < 4.78 is 1.67. The van der Waals surface area contributed by atoms with Crippen LogP contribution in [0.25, 0.3) is 22.4 Å². The molecule has 0 radical (unpaired) electrons. The molecular weight excluding hydrogens is 360 g/mol. The minimum atomic E-state index is 0.203. The maximum Gasteiger partial charge on any atom is 0.138 e. The van der Waals surface area contributed by atoms with E-state index < -0.39 is 0 Å². The van der Waals surface area contributed by atoms with E-state index in [1.54, 1.807) is 12.1 Å². The Morgan fingerprint density at radius 1 is 1.06 bits per heavy atom. The number of phenolic OH excluding ortho intramolecular Hbond substituents is 1. The van der Waals surface area contributed by atoms with E-state index >= 15 is 0 Å². The van der Waals surface area contributed by atoms with E-state index in [1.807, 2.05) is 24.3 Å². The number of rotatable bonds is 1. The van der Waals surface area contributed by atoms with Crippen molar-refractivity contribution in [3.05, 3.63) is 45.3 Å². The third-order valence-corrected chi connectivity index (χ3v) is 3.83. The maximum atomic E-state index is 9.68. The van der Waals surface area contributed by atoms with Crippen molar-refractivity contribution < 1.29 is 5.11 Å². The lowest BCUT2D eigenvalue weighted by Crippen LogP contribution is -1.80. The predicted molar refractivity (Wildman–Crippen MR) is 78.6 cm³/mol. The van der Waals surface area contributed by atoms with Gasteiger partial charge in [-0.05, 0) is 52.3 Å². The van der Waals surface area contributed by atoms with Crippen molar-refractivity contribution in [1.82, 2.24) is 9.97 Å². The van der Waals surface area contributed by atoms with E-state index in [9.17, 15) is 5.11 Å². The number of halogens is 2. The Morgan fingerprint density at radius 3 is 2.67 bits per heavy atom. The molecule has 1 heterocycles. The van der Waals surface area contributed by atoms with Crippen molar-refractivity contribution in [2.24, 2.45) is 0 Å². The molecule has 0 atom stereocenters. The van der Waals surface area contributed by atoms with Crippen LogP contribution in [0.3, 0.4) is 0 Å². The number of H-pyrrole nitrogens is 1. The highest BCUT2D eigenvalue weighted by Crippen LogP contribution is 2.29. The molecule has 0 saturated heterocycles. The van der Waals surface area contributed by atoms with Gasteiger partial charge in [0.1, 0.15) is 11.6 Å². The van der Waals surface area contributed by atoms with E-state index in [0.717, 1.165) is 26.9 Å². The number of benzene rings is 2. The molecule has 0 aliphatic carbocycles. The van der Waals surface area contributed by atoms with Crippen LogP contribution in [0.4, 0.5) is 0 Å². The van der Waals surface area contributed by atoms with Crippen LogP contribution in [-0.4, -0.2) is 15.1 Å². The molecule has 0 unspecified atom stereocenters. The number of aromatic hydroxyl groups is 1. The van der Waals surface area contributed by atoms with Crippen molar-refractivity contribution in [3.63, 3.8) is 0 Å². The number of hydrogen-bond acceptors (Lipinski definition) is 2. The number of fused-ring (bicyclic) bond motifs is 1. The van der Waals surface area contributed by atoms with Crippen molar-refractivity contribution >= 4 is 42.9 Å². The molecule has 0 fully saturated rings. The number of phenols is 1. The smallest absolute Gasteiger partial charge is 0.138 e. The standard InChI is InChI=1S/C13H8Br2N2O/c14-8-2-4-10-11(6-8)17-13(16-10)7-1-3-9(15)12(18)5-7/h1-6,18H,(H,16,17). The molecule has 3 nitrogen and oxygen atoms in total. The van der Waals surface area contributed by atoms with Gasteiger partial charge in [0.25, 0.3) is 0 Å². The molecule has 0 aliphatic heterocycles. The van der Waals surface area contributed by atoms with Gasteiger partial charge in [-0.15, -0.1) is 0 Å². The molecule has 0 spiro atoms. The summed E-state index contributed by atoms with van der Waals surface area (Å²) in [4.78, 5) is 7.72. The van der Waals surface area contributed by atoms with Crippen LogP contribution in [0.2, 0.25) is 0 Å². The number of nitrogens with zero attached hydrogens (tertiary/aromatic N) is 1. The van der Waals surface area contributed by atoms with Crippen LogP contribution in [0.15, 0.2) is 45.3 Å². The van der Waals surface area contributed by atoms with Crippen molar-refractivity contribution in [1.29, 1.82) is 0 Å². The molecule has 90 valence electrons. The molecule has 0 amide bonds. The summed E-state index contributed by atoms with van der Waals surface area (Å²) in [6, 6.07) is 11.2. The van der Waals surface area contributed by atoms with E-state index in [2.05, 4.69) is 41.8 Å². The Bertz CT molecular complexity index is 737. The summed E-state index contributed by atoms with van der Waals surface area (Å²) in [7, 11) is 0. The van der Waals surface area contributed by atoms with Crippen LogP contribution in [0, 0.1) is 0 Å². The highest BCUT2D eigenvalue weighted by molar-refractivity contribution is 9.10. The zero-order valence-electron chi connectivity index (χ0n) is 9.11. The van der Waals surface area contributed by atoms with Crippen LogP contribution >= 0.6 is 31.9 Å². The van der Waals surface area contributed by atoms with Gasteiger partial charge in [0.05, 0.1) is 15.5 Å². The van der Waals surface area contributed by atoms with Crippen LogP contribution in [0.5, 0.6) is 5.75 Å². The number of hydrogen-bond donors (Lipinski definition) is 2. The number of aromatic amines is 1. The number of imidazole rings is 1. The summed E-state index contributed by atoms with van der Waals surface area (Å²) >= 11 is 6.68. The second-order valence-electron chi connectivity index (χ2n) is 3.91. The Balaban J connectivity index is 2.16. The van der Waals surface area contributed by atoms with Crippen LogP contribution in [0.1, 0.15) is 0 Å². The van der Waals surface area contributed by atoms with Crippen LogP contribution < -0.4 is 0 Å². The fraction of sp³-hybridized carbons (Fsp3) is 0. The van der Waals surface area contributed by atoms with Gasteiger partial charge in [-0.1, -0.05) is 15.9 Å². The summed E-state index contributed by atoms with van der Waals surface area (Å²) in [6.45, 7) is 0. The van der Waals surface area contributed by atoms with E-state index in [1.165, 1.54) is 0 Å². The monoisotopic (exact) mass is 366 g/mol. The second kappa shape index (κ2) is 4.40. The first-order valence-corrected chi connectivity index (χ1v) is 6.86. The Kier molecular flexibility index (Phi) is 2.87. The number of nitrogens with one attached hydrogen (secondary N) is 1. The molecule has 3 aromatic rings. The van der Waals surface area contributed by atoms with Gasteiger partial charge in [0.15, 0.2) is 0 Å². The van der Waals surface area contributed by atoms with Crippen molar-refractivity contribution in [2.45, 2.75) is 0 Å². The van der Waals surface area contributed by atoms with Gasteiger partial charge in [-0.25, -0.2) is 4.98 Å². The lowest BCUT2D eigenvalue weighted by molar-refractivity contribution is 0.472. The fourth-order valence-electron chi connectivity index (χ4n) is 1.78. The topological polar surface area (TPSA) is 48.9 Å². The third-order valence-electron chi connectivity index (χ3n) is 2.66. The highest BCUT2D eigenvalue weighted by Gasteiger charge is 2.07. The lowest BCUT2D eigenvalue weighted by atomic mass is 10.2. The van der Waals surface area contributed by atoms with Gasteiger partial charge in [0, 0.05) is 10.0 Å².